The maximum Gasteiger partial charge on any atom is 0.310 e. The number of ether oxygens (including phenoxy) is 3. The first-order chi connectivity index (χ1) is 14.0. The predicted octanol–water partition coefficient (Wildman–Crippen LogP) is 3.45. The molecule has 1 heterocycles. The van der Waals surface area contributed by atoms with Crippen LogP contribution in [0.25, 0.3) is 0 Å². The monoisotopic (exact) mass is 531 g/mol. The lowest BCUT2D eigenvalue weighted by molar-refractivity contribution is -0.145. The Morgan fingerprint density at radius 1 is 1.20 bits per heavy atom. The maximum atomic E-state index is 12.0. The van der Waals surface area contributed by atoms with E-state index in [4.69, 9.17) is 14.2 Å². The Morgan fingerprint density at radius 2 is 1.93 bits per heavy atom. The Kier molecular flexibility index (Phi) is 9.51. The molecule has 0 amide bonds. The molecule has 2 unspecified atom stereocenters. The van der Waals surface area contributed by atoms with E-state index < -0.39 is 0 Å². The molecule has 0 bridgehead atoms. The highest BCUT2D eigenvalue weighted by Gasteiger charge is 2.36. The van der Waals surface area contributed by atoms with Gasteiger partial charge in [-0.25, -0.2) is 0 Å². The van der Waals surface area contributed by atoms with Gasteiger partial charge in [0, 0.05) is 26.7 Å². The van der Waals surface area contributed by atoms with Crippen LogP contribution >= 0.6 is 24.0 Å². The smallest absolute Gasteiger partial charge is 0.310 e. The minimum absolute atomic E-state index is 0. The third-order valence-electron chi connectivity index (χ3n) is 5.90. The number of methoxy groups -OCH3 is 2. The highest BCUT2D eigenvalue weighted by molar-refractivity contribution is 14.0. The van der Waals surface area contributed by atoms with E-state index in [-0.39, 0.29) is 47.9 Å². The van der Waals surface area contributed by atoms with E-state index >= 15 is 0 Å². The molecule has 1 saturated heterocycles. The van der Waals surface area contributed by atoms with Gasteiger partial charge in [0.05, 0.1) is 26.2 Å². The fraction of sp³-hybridized carbons (Fsp3) is 0.636. The zero-order valence-electron chi connectivity index (χ0n) is 18.3. The molecular formula is C22H34IN3O4. The van der Waals surface area contributed by atoms with Crippen LogP contribution in [-0.4, -0.2) is 57.3 Å². The first-order valence-electron chi connectivity index (χ1n) is 10.4. The second kappa shape index (κ2) is 11.6. The van der Waals surface area contributed by atoms with Crippen molar-refractivity contribution in [2.24, 2.45) is 16.8 Å². The Morgan fingerprint density at radius 3 is 2.57 bits per heavy atom. The van der Waals surface area contributed by atoms with Gasteiger partial charge in [-0.1, -0.05) is 13.0 Å². The van der Waals surface area contributed by atoms with E-state index in [0.29, 0.717) is 13.1 Å². The number of benzene rings is 1. The predicted molar refractivity (Wildman–Crippen MR) is 128 cm³/mol. The average Bonchev–Trinajstić information content (AvgIpc) is 3.38. The molecule has 3 rings (SSSR count). The van der Waals surface area contributed by atoms with Crippen LogP contribution in [-0.2, 0) is 16.1 Å². The van der Waals surface area contributed by atoms with E-state index in [1.807, 2.05) is 18.2 Å². The number of guanidine groups is 1. The number of hydrogen-bond acceptors (Lipinski definition) is 5. The second-order valence-electron chi connectivity index (χ2n) is 7.92. The van der Waals surface area contributed by atoms with E-state index in [1.165, 1.54) is 20.0 Å². The van der Waals surface area contributed by atoms with Gasteiger partial charge in [-0.2, -0.15) is 0 Å². The molecule has 0 radical (unpaired) electrons. The lowest BCUT2D eigenvalue weighted by Gasteiger charge is -2.22. The van der Waals surface area contributed by atoms with Gasteiger partial charge in [0.2, 0.25) is 0 Å². The van der Waals surface area contributed by atoms with Crippen LogP contribution < -0.4 is 14.8 Å². The van der Waals surface area contributed by atoms with Crippen LogP contribution in [0.15, 0.2) is 23.2 Å². The number of carbonyl (C=O) groups excluding carboxylic acids is 1. The Labute approximate surface area is 196 Å². The molecule has 168 valence electrons. The van der Waals surface area contributed by atoms with Crippen molar-refractivity contribution in [3.05, 3.63) is 23.8 Å². The number of nitrogens with zero attached hydrogens (tertiary/aromatic N) is 2. The summed E-state index contributed by atoms with van der Waals surface area (Å²) in [5.41, 5.74) is 1.09. The van der Waals surface area contributed by atoms with Crippen LogP contribution in [0, 0.1) is 11.8 Å². The van der Waals surface area contributed by atoms with Gasteiger partial charge in [-0.15, -0.1) is 24.0 Å². The average molecular weight is 531 g/mol. The summed E-state index contributed by atoms with van der Waals surface area (Å²) < 4.78 is 16.6. The molecule has 8 heteroatoms. The molecule has 2 fully saturated rings. The third-order valence-corrected chi connectivity index (χ3v) is 5.90. The van der Waals surface area contributed by atoms with E-state index in [9.17, 15) is 4.79 Å². The molecule has 0 spiro atoms. The van der Waals surface area contributed by atoms with Gasteiger partial charge in [0.15, 0.2) is 17.5 Å². The third kappa shape index (κ3) is 5.92. The molecule has 1 aliphatic carbocycles. The van der Waals surface area contributed by atoms with Crippen LogP contribution in [0.1, 0.15) is 38.2 Å². The SMILES string of the molecule is CN=C(NCc1ccc(OC)c(OC2CCCC2)c1)N1CC(C)C(C(=O)OC)C1.I. The molecule has 1 aromatic carbocycles. The summed E-state index contributed by atoms with van der Waals surface area (Å²) in [6.07, 6.45) is 4.94. The molecule has 2 atom stereocenters. The van der Waals surface area contributed by atoms with Gasteiger partial charge in [-0.3, -0.25) is 9.79 Å². The Balaban J connectivity index is 0.00000320. The van der Waals surface area contributed by atoms with Crippen LogP contribution in [0.5, 0.6) is 11.5 Å². The summed E-state index contributed by atoms with van der Waals surface area (Å²) in [6, 6.07) is 6.03. The number of aliphatic imine (C=N–C) groups is 1. The van der Waals surface area contributed by atoms with Crippen molar-refractivity contribution in [2.75, 3.05) is 34.4 Å². The first-order valence-corrected chi connectivity index (χ1v) is 10.4. The maximum absolute atomic E-state index is 12.0. The van der Waals surface area contributed by atoms with E-state index in [1.54, 1.807) is 14.2 Å². The van der Waals surface area contributed by atoms with Crippen molar-refractivity contribution in [2.45, 2.75) is 45.3 Å². The molecule has 1 N–H and O–H groups in total. The van der Waals surface area contributed by atoms with E-state index in [0.717, 1.165) is 42.4 Å². The van der Waals surface area contributed by atoms with Crippen molar-refractivity contribution in [3.63, 3.8) is 0 Å². The fourth-order valence-corrected chi connectivity index (χ4v) is 4.22. The zero-order valence-corrected chi connectivity index (χ0v) is 20.7. The lowest BCUT2D eigenvalue weighted by Crippen LogP contribution is -2.40. The number of carbonyl (C=O) groups is 1. The fourth-order valence-electron chi connectivity index (χ4n) is 4.22. The number of halogens is 1. The summed E-state index contributed by atoms with van der Waals surface area (Å²) in [6.45, 7) is 4.08. The van der Waals surface area contributed by atoms with Crippen LogP contribution in [0.4, 0.5) is 0 Å². The van der Waals surface area contributed by atoms with Crippen molar-refractivity contribution in [3.8, 4) is 11.5 Å². The molecular weight excluding hydrogens is 497 g/mol. The molecule has 30 heavy (non-hydrogen) atoms. The highest BCUT2D eigenvalue weighted by atomic mass is 127. The van der Waals surface area contributed by atoms with Crippen molar-refractivity contribution < 1.29 is 19.0 Å². The van der Waals surface area contributed by atoms with Crippen LogP contribution in [0.2, 0.25) is 0 Å². The molecule has 1 aliphatic heterocycles. The molecule has 7 nitrogen and oxygen atoms in total. The number of esters is 1. The number of rotatable bonds is 6. The molecule has 1 aromatic rings. The number of likely N-dealkylation sites (tertiary alicyclic amines) is 1. The van der Waals surface area contributed by atoms with Gasteiger partial charge in [0.1, 0.15) is 0 Å². The Hall–Kier alpha value is -1.71. The van der Waals surface area contributed by atoms with Gasteiger partial charge in [-0.05, 0) is 49.3 Å². The molecule has 2 aliphatic rings. The first kappa shape index (κ1) is 24.6. The summed E-state index contributed by atoms with van der Waals surface area (Å²) >= 11 is 0. The van der Waals surface area contributed by atoms with E-state index in [2.05, 4.69) is 22.1 Å². The number of hydrogen-bond donors (Lipinski definition) is 1. The largest absolute Gasteiger partial charge is 0.493 e. The van der Waals surface area contributed by atoms with Crippen molar-refractivity contribution in [1.29, 1.82) is 0 Å². The van der Waals surface area contributed by atoms with Gasteiger partial charge < -0.3 is 24.4 Å². The zero-order chi connectivity index (χ0) is 20.8. The lowest BCUT2D eigenvalue weighted by atomic mass is 9.99. The minimum Gasteiger partial charge on any atom is -0.493 e. The molecule has 1 saturated carbocycles. The topological polar surface area (TPSA) is 72.4 Å². The highest BCUT2D eigenvalue weighted by Crippen LogP contribution is 2.32. The standard InChI is InChI=1S/C22H33N3O4.HI/c1-15-13-25(14-18(15)21(26)28-4)22(23-2)24-12-16-9-10-19(27-3)20(11-16)29-17-7-5-6-8-17;/h9-11,15,17-18H,5-8,12-14H2,1-4H3,(H,23,24);1H. The Bertz CT molecular complexity index is 737. The normalized spacial score (nSPS) is 21.9. The van der Waals surface area contributed by atoms with Crippen molar-refractivity contribution >= 4 is 35.9 Å². The minimum atomic E-state index is -0.153. The number of nitrogens with one attached hydrogen (secondary N) is 1. The quantitative estimate of drug-likeness (QED) is 0.263. The van der Waals surface area contributed by atoms with Gasteiger partial charge >= 0.3 is 5.97 Å². The summed E-state index contributed by atoms with van der Waals surface area (Å²) in [5, 5.41) is 3.41. The summed E-state index contributed by atoms with van der Waals surface area (Å²) in [4.78, 5) is 18.5. The summed E-state index contributed by atoms with van der Waals surface area (Å²) in [7, 11) is 4.88. The summed E-state index contributed by atoms with van der Waals surface area (Å²) in [5.74, 6) is 2.31. The van der Waals surface area contributed by atoms with Gasteiger partial charge in [0.25, 0.3) is 0 Å². The second-order valence-corrected chi connectivity index (χ2v) is 7.92. The van der Waals surface area contributed by atoms with Crippen LogP contribution in [0.3, 0.4) is 0 Å². The molecule has 0 aromatic heterocycles. The van der Waals surface area contributed by atoms with Crippen molar-refractivity contribution in [1.82, 2.24) is 10.2 Å².